The maximum Gasteiger partial charge on any atom is 0.217 e. The molecule has 1 aliphatic rings. The van der Waals surface area contributed by atoms with Crippen molar-refractivity contribution in [1.29, 1.82) is 0 Å². The maximum absolute atomic E-state index is 10.8. The van der Waals surface area contributed by atoms with E-state index in [9.17, 15) is 15.0 Å². The lowest BCUT2D eigenvalue weighted by Gasteiger charge is -2.34. The van der Waals surface area contributed by atoms with Crippen LogP contribution in [-0.2, 0) is 9.53 Å². The molecule has 6 N–H and O–H groups in total. The number of nitrogens with one attached hydrogen (secondary N) is 1. The molecular formula is C8H14N2O5. The van der Waals surface area contributed by atoms with E-state index in [0.29, 0.717) is 0 Å². The maximum atomic E-state index is 10.8. The van der Waals surface area contributed by atoms with Crippen molar-refractivity contribution in [2.24, 2.45) is 5.73 Å². The Bertz CT molecular complexity index is 291. The Balaban J connectivity index is 2.86. The Morgan fingerprint density at radius 1 is 1.67 bits per heavy atom. The predicted molar refractivity (Wildman–Crippen MR) is 49.4 cm³/mol. The van der Waals surface area contributed by atoms with Gasteiger partial charge in [-0.2, -0.15) is 0 Å². The zero-order valence-corrected chi connectivity index (χ0v) is 8.17. The molecule has 0 aromatic heterocycles. The van der Waals surface area contributed by atoms with Crippen molar-refractivity contribution in [3.8, 4) is 0 Å². The second-order valence-electron chi connectivity index (χ2n) is 3.22. The van der Waals surface area contributed by atoms with Crippen molar-refractivity contribution in [2.45, 2.75) is 25.3 Å². The van der Waals surface area contributed by atoms with Gasteiger partial charge in [0.05, 0.1) is 0 Å². The minimum absolute atomic E-state index is 0.184. The molecule has 0 saturated heterocycles. The van der Waals surface area contributed by atoms with Gasteiger partial charge in [-0.3, -0.25) is 10.5 Å². The van der Waals surface area contributed by atoms with Gasteiger partial charge in [-0.25, -0.2) is 0 Å². The summed E-state index contributed by atoms with van der Waals surface area (Å²) in [5, 5.41) is 30.1. The number of rotatable bonds is 2. The molecule has 0 radical (unpaired) electrons. The number of amides is 1. The Morgan fingerprint density at radius 2 is 2.27 bits per heavy atom. The van der Waals surface area contributed by atoms with Gasteiger partial charge in [0.1, 0.15) is 18.8 Å². The van der Waals surface area contributed by atoms with E-state index in [-0.39, 0.29) is 5.76 Å². The van der Waals surface area contributed by atoms with Gasteiger partial charge in [0.2, 0.25) is 5.91 Å². The van der Waals surface area contributed by atoms with E-state index in [4.69, 9.17) is 15.6 Å². The van der Waals surface area contributed by atoms with E-state index in [2.05, 4.69) is 5.32 Å². The van der Waals surface area contributed by atoms with Crippen molar-refractivity contribution < 1.29 is 24.9 Å². The molecule has 3 atom stereocenters. The summed E-state index contributed by atoms with van der Waals surface area (Å²) in [5.41, 5.74) is 5.49. The Morgan fingerprint density at radius 3 is 2.73 bits per heavy atom. The first kappa shape index (κ1) is 11.8. The molecule has 0 bridgehead atoms. The zero-order chi connectivity index (χ0) is 11.6. The fourth-order valence-corrected chi connectivity index (χ4v) is 1.33. The average molecular weight is 218 g/mol. The lowest BCUT2D eigenvalue weighted by atomic mass is 10.0. The van der Waals surface area contributed by atoms with Crippen LogP contribution in [0.5, 0.6) is 0 Å². The summed E-state index contributed by atoms with van der Waals surface area (Å²) in [4.78, 5) is 10.8. The third-order valence-electron chi connectivity index (χ3n) is 2.05. The molecule has 1 rings (SSSR count). The highest BCUT2D eigenvalue weighted by atomic mass is 16.5. The first-order chi connectivity index (χ1) is 6.97. The van der Waals surface area contributed by atoms with Gasteiger partial charge >= 0.3 is 0 Å². The van der Waals surface area contributed by atoms with Crippen LogP contribution in [0.15, 0.2) is 11.5 Å². The molecule has 0 unspecified atom stereocenters. The van der Waals surface area contributed by atoms with Gasteiger partial charge in [-0.15, -0.1) is 0 Å². The van der Waals surface area contributed by atoms with Gasteiger partial charge < -0.3 is 25.4 Å². The van der Waals surface area contributed by atoms with Crippen molar-refractivity contribution in [2.75, 3.05) is 6.61 Å². The molecular weight excluding hydrogens is 204 g/mol. The predicted octanol–water partition coefficient (Wildman–Crippen LogP) is -2.07. The van der Waals surface area contributed by atoms with Gasteiger partial charge in [-0.05, 0) is 0 Å². The zero-order valence-electron chi connectivity index (χ0n) is 8.17. The van der Waals surface area contributed by atoms with Crippen LogP contribution in [0.4, 0.5) is 0 Å². The van der Waals surface area contributed by atoms with Crippen LogP contribution in [0.2, 0.25) is 0 Å². The van der Waals surface area contributed by atoms with Crippen molar-refractivity contribution in [3.05, 3.63) is 11.5 Å². The molecule has 0 aliphatic carbocycles. The van der Waals surface area contributed by atoms with E-state index in [1.54, 1.807) is 0 Å². The summed E-state index contributed by atoms with van der Waals surface area (Å²) in [7, 11) is 0. The first-order valence-electron chi connectivity index (χ1n) is 4.37. The normalized spacial score (nSPS) is 31.1. The average Bonchev–Trinajstić information content (AvgIpc) is 2.18. The highest BCUT2D eigenvalue weighted by Gasteiger charge is 2.37. The monoisotopic (exact) mass is 218 g/mol. The van der Waals surface area contributed by atoms with Crippen LogP contribution in [0, 0.1) is 0 Å². The molecule has 1 heterocycles. The Hall–Kier alpha value is -1.31. The number of ether oxygens (including phenoxy) is 1. The highest BCUT2D eigenvalue weighted by Crippen LogP contribution is 2.20. The summed E-state index contributed by atoms with van der Waals surface area (Å²) in [6, 6.07) is -0.933. The van der Waals surface area contributed by atoms with Gasteiger partial charge in [0.15, 0.2) is 17.7 Å². The SMILES string of the molecule is CC(=O)N[C@H]1[C@H](N)OC(CO)=C(O)[C@H]1O. The van der Waals surface area contributed by atoms with Gasteiger partial charge in [0.25, 0.3) is 0 Å². The van der Waals surface area contributed by atoms with E-state index < -0.39 is 36.6 Å². The smallest absolute Gasteiger partial charge is 0.217 e. The molecule has 0 spiro atoms. The molecule has 7 nitrogen and oxygen atoms in total. The number of hydrogen-bond donors (Lipinski definition) is 5. The van der Waals surface area contributed by atoms with Crippen LogP contribution in [0.1, 0.15) is 6.92 Å². The molecule has 0 aromatic rings. The minimum atomic E-state index is -1.38. The van der Waals surface area contributed by atoms with Crippen molar-refractivity contribution in [3.63, 3.8) is 0 Å². The molecule has 0 aromatic carbocycles. The lowest BCUT2D eigenvalue weighted by Crippen LogP contribution is -2.58. The Kier molecular flexibility index (Phi) is 3.51. The van der Waals surface area contributed by atoms with Crippen LogP contribution in [0.25, 0.3) is 0 Å². The van der Waals surface area contributed by atoms with E-state index in [1.807, 2.05) is 0 Å². The minimum Gasteiger partial charge on any atom is -0.506 e. The molecule has 86 valence electrons. The van der Waals surface area contributed by atoms with E-state index >= 15 is 0 Å². The summed E-state index contributed by atoms with van der Waals surface area (Å²) in [5.74, 6) is -1.10. The van der Waals surface area contributed by atoms with Gasteiger partial charge in [-0.1, -0.05) is 0 Å². The van der Waals surface area contributed by atoms with Gasteiger partial charge in [0, 0.05) is 6.92 Å². The second kappa shape index (κ2) is 4.47. The second-order valence-corrected chi connectivity index (χ2v) is 3.22. The molecule has 1 aliphatic heterocycles. The molecule has 0 fully saturated rings. The number of aliphatic hydroxyl groups is 3. The molecule has 7 heteroatoms. The molecule has 15 heavy (non-hydrogen) atoms. The van der Waals surface area contributed by atoms with Crippen LogP contribution in [0.3, 0.4) is 0 Å². The number of nitrogens with two attached hydrogens (primary N) is 1. The number of hydrogen-bond acceptors (Lipinski definition) is 6. The molecule has 0 saturated carbocycles. The quantitative estimate of drug-likeness (QED) is 0.362. The first-order valence-corrected chi connectivity index (χ1v) is 4.37. The van der Waals surface area contributed by atoms with Crippen LogP contribution >= 0.6 is 0 Å². The largest absolute Gasteiger partial charge is 0.506 e. The third kappa shape index (κ3) is 2.38. The Labute approximate surface area is 86.1 Å². The number of aliphatic hydroxyl groups excluding tert-OH is 3. The van der Waals surface area contributed by atoms with E-state index in [0.717, 1.165) is 0 Å². The van der Waals surface area contributed by atoms with Crippen molar-refractivity contribution in [1.82, 2.24) is 5.32 Å². The highest BCUT2D eigenvalue weighted by molar-refractivity contribution is 5.73. The molecule has 1 amide bonds. The summed E-state index contributed by atoms with van der Waals surface area (Å²) < 4.78 is 4.91. The van der Waals surface area contributed by atoms with E-state index in [1.165, 1.54) is 6.92 Å². The lowest BCUT2D eigenvalue weighted by molar-refractivity contribution is -0.123. The number of carbonyl (C=O) groups is 1. The van der Waals surface area contributed by atoms with Crippen LogP contribution < -0.4 is 11.1 Å². The van der Waals surface area contributed by atoms with Crippen molar-refractivity contribution >= 4 is 5.91 Å². The third-order valence-corrected chi connectivity index (χ3v) is 2.05. The fourth-order valence-electron chi connectivity index (χ4n) is 1.33. The topological polar surface area (TPSA) is 125 Å². The summed E-state index contributed by atoms with van der Waals surface area (Å²) >= 11 is 0. The fraction of sp³-hybridized carbons (Fsp3) is 0.625. The standard InChI is InChI=1S/C8H14N2O5/c1-3(12)10-5-7(14)6(13)4(2-11)15-8(5)9/h5,7-8,11,13-14H,2,9H2,1H3,(H,10,12)/t5-,7+,8-/m1/s1. The van der Waals surface area contributed by atoms with Crippen LogP contribution in [-0.4, -0.2) is 46.2 Å². The summed E-state index contributed by atoms with van der Waals surface area (Å²) in [6.07, 6.45) is -2.39. The number of carbonyl (C=O) groups excluding carboxylic acids is 1. The summed E-state index contributed by atoms with van der Waals surface area (Å²) in [6.45, 7) is 0.686.